The minimum absolute atomic E-state index is 0.00565. The Morgan fingerprint density at radius 1 is 1.19 bits per heavy atom. The van der Waals surface area contributed by atoms with Crippen LogP contribution in [0.4, 0.5) is 0 Å². The van der Waals surface area contributed by atoms with E-state index in [0.717, 1.165) is 29.9 Å². The van der Waals surface area contributed by atoms with Gasteiger partial charge in [-0.25, -0.2) is 4.98 Å². The number of benzene rings is 1. The summed E-state index contributed by atoms with van der Waals surface area (Å²) in [5, 5.41) is 9.59. The summed E-state index contributed by atoms with van der Waals surface area (Å²) in [7, 11) is 0. The minimum Gasteiger partial charge on any atom is -0.388 e. The van der Waals surface area contributed by atoms with Crippen molar-refractivity contribution in [1.29, 1.82) is 0 Å². The summed E-state index contributed by atoms with van der Waals surface area (Å²) in [5.41, 5.74) is 3.45. The summed E-state index contributed by atoms with van der Waals surface area (Å²) >= 11 is 0. The van der Waals surface area contributed by atoms with Crippen molar-refractivity contribution in [3.63, 3.8) is 0 Å². The van der Waals surface area contributed by atoms with Crippen molar-refractivity contribution in [2.24, 2.45) is 0 Å². The van der Waals surface area contributed by atoms with Gasteiger partial charge in [-0.15, -0.1) is 0 Å². The Bertz CT molecular complexity index is 612. The molecule has 1 aromatic carbocycles. The van der Waals surface area contributed by atoms with Crippen LogP contribution in [0.25, 0.3) is 11.0 Å². The van der Waals surface area contributed by atoms with Crippen LogP contribution in [0, 0.1) is 0 Å². The summed E-state index contributed by atoms with van der Waals surface area (Å²) in [6.07, 6.45) is 2.63. The topological polar surface area (TPSA) is 41.3 Å². The van der Waals surface area contributed by atoms with Crippen LogP contribution in [0.5, 0.6) is 0 Å². The number of hydrogen-bond donors (Lipinski definition) is 1. The minimum atomic E-state index is 0.00565. The molecule has 0 radical (unpaired) electrons. The molecule has 4 nitrogen and oxygen atoms in total. The van der Waals surface area contributed by atoms with Gasteiger partial charge in [-0.2, -0.15) is 0 Å². The molecule has 1 saturated heterocycles. The lowest BCUT2D eigenvalue weighted by Crippen LogP contribution is -2.24. The van der Waals surface area contributed by atoms with Crippen LogP contribution in [0.15, 0.2) is 18.2 Å². The number of aromatic nitrogens is 2. The Morgan fingerprint density at radius 2 is 1.95 bits per heavy atom. The van der Waals surface area contributed by atoms with Gasteiger partial charge in [0.1, 0.15) is 12.4 Å². The maximum absolute atomic E-state index is 9.59. The lowest BCUT2D eigenvalue weighted by molar-refractivity contribution is 0.260. The number of aliphatic hydroxyl groups excluding tert-OH is 1. The lowest BCUT2D eigenvalue weighted by Gasteiger charge is -2.16. The largest absolute Gasteiger partial charge is 0.388 e. The van der Waals surface area contributed by atoms with E-state index in [1.54, 1.807) is 0 Å². The van der Waals surface area contributed by atoms with Crippen molar-refractivity contribution in [1.82, 2.24) is 14.5 Å². The second-order valence-corrected chi connectivity index (χ2v) is 6.29. The highest BCUT2D eigenvalue weighted by molar-refractivity contribution is 5.77. The van der Waals surface area contributed by atoms with E-state index >= 15 is 0 Å². The number of rotatable bonds is 5. The molecule has 0 saturated carbocycles. The zero-order valence-electron chi connectivity index (χ0n) is 13.0. The molecule has 2 heterocycles. The second kappa shape index (κ2) is 6.16. The molecule has 0 spiro atoms. The SMILES string of the molecule is CC(C)c1ccc2c(c1)nc(CO)n2CCN1CCCC1. The molecular formula is C17H25N3O. The summed E-state index contributed by atoms with van der Waals surface area (Å²) in [6, 6.07) is 6.49. The standard InChI is InChI=1S/C17H25N3O/c1-13(2)14-5-6-16-15(11-14)18-17(12-21)20(16)10-9-19-7-3-4-8-19/h5-6,11,13,21H,3-4,7-10,12H2,1-2H3. The molecule has 0 aliphatic carbocycles. The Labute approximate surface area is 126 Å². The molecule has 114 valence electrons. The van der Waals surface area contributed by atoms with Crippen LogP contribution in [0.3, 0.4) is 0 Å². The summed E-state index contributed by atoms with van der Waals surface area (Å²) in [4.78, 5) is 7.11. The van der Waals surface area contributed by atoms with Crippen LogP contribution in [-0.4, -0.2) is 39.2 Å². The zero-order valence-corrected chi connectivity index (χ0v) is 13.0. The quantitative estimate of drug-likeness (QED) is 0.919. The molecule has 0 amide bonds. The van der Waals surface area contributed by atoms with Crippen LogP contribution >= 0.6 is 0 Å². The van der Waals surface area contributed by atoms with Gasteiger partial charge in [-0.3, -0.25) is 0 Å². The Morgan fingerprint density at radius 3 is 2.62 bits per heavy atom. The molecule has 1 aliphatic heterocycles. The third-order valence-corrected chi connectivity index (χ3v) is 4.50. The zero-order chi connectivity index (χ0) is 14.8. The number of nitrogens with zero attached hydrogens (tertiary/aromatic N) is 3. The molecular weight excluding hydrogens is 262 g/mol. The monoisotopic (exact) mass is 287 g/mol. The van der Waals surface area contributed by atoms with Gasteiger partial charge < -0.3 is 14.6 Å². The highest BCUT2D eigenvalue weighted by Gasteiger charge is 2.15. The molecule has 21 heavy (non-hydrogen) atoms. The molecule has 4 heteroatoms. The summed E-state index contributed by atoms with van der Waals surface area (Å²) in [6.45, 7) is 8.76. The molecule has 1 fully saturated rings. The average Bonchev–Trinajstić information content (AvgIpc) is 3.11. The molecule has 1 aliphatic rings. The van der Waals surface area contributed by atoms with Gasteiger partial charge in [0, 0.05) is 13.1 Å². The molecule has 2 aromatic rings. The van der Waals surface area contributed by atoms with Gasteiger partial charge in [-0.05, 0) is 49.5 Å². The first kappa shape index (κ1) is 14.5. The predicted molar refractivity (Wildman–Crippen MR) is 85.4 cm³/mol. The number of hydrogen-bond acceptors (Lipinski definition) is 3. The van der Waals surface area contributed by atoms with Gasteiger partial charge in [0.25, 0.3) is 0 Å². The molecule has 3 rings (SSSR count). The van der Waals surface area contributed by atoms with Gasteiger partial charge in [-0.1, -0.05) is 19.9 Å². The average molecular weight is 287 g/mol. The number of likely N-dealkylation sites (tertiary alicyclic amines) is 1. The molecule has 0 atom stereocenters. The third kappa shape index (κ3) is 2.97. The third-order valence-electron chi connectivity index (χ3n) is 4.50. The van der Waals surface area contributed by atoms with E-state index in [-0.39, 0.29) is 6.61 Å². The van der Waals surface area contributed by atoms with Crippen molar-refractivity contribution < 1.29 is 5.11 Å². The van der Waals surface area contributed by atoms with E-state index < -0.39 is 0 Å². The molecule has 0 bridgehead atoms. The van der Waals surface area contributed by atoms with E-state index in [0.29, 0.717) is 5.92 Å². The number of fused-ring (bicyclic) bond motifs is 1. The van der Waals surface area contributed by atoms with E-state index in [4.69, 9.17) is 0 Å². The van der Waals surface area contributed by atoms with Crippen LogP contribution in [0.2, 0.25) is 0 Å². The smallest absolute Gasteiger partial charge is 0.135 e. The maximum atomic E-state index is 9.59. The van der Waals surface area contributed by atoms with Gasteiger partial charge in [0.15, 0.2) is 0 Å². The number of aliphatic hydroxyl groups is 1. The fraction of sp³-hybridized carbons (Fsp3) is 0.588. The van der Waals surface area contributed by atoms with Crippen molar-refractivity contribution in [2.45, 2.75) is 45.8 Å². The van der Waals surface area contributed by atoms with Crippen molar-refractivity contribution in [3.05, 3.63) is 29.6 Å². The van der Waals surface area contributed by atoms with E-state index in [1.165, 1.54) is 31.5 Å². The predicted octanol–water partition coefficient (Wildman–Crippen LogP) is 2.75. The summed E-state index contributed by atoms with van der Waals surface area (Å²) in [5.74, 6) is 1.28. The number of imidazole rings is 1. The second-order valence-electron chi connectivity index (χ2n) is 6.29. The van der Waals surface area contributed by atoms with E-state index in [2.05, 4.69) is 46.5 Å². The normalized spacial score (nSPS) is 16.4. The van der Waals surface area contributed by atoms with Crippen molar-refractivity contribution in [2.75, 3.05) is 19.6 Å². The van der Waals surface area contributed by atoms with E-state index in [9.17, 15) is 5.11 Å². The highest BCUT2D eigenvalue weighted by atomic mass is 16.3. The lowest BCUT2D eigenvalue weighted by atomic mass is 10.0. The summed E-state index contributed by atoms with van der Waals surface area (Å²) < 4.78 is 2.18. The Kier molecular flexibility index (Phi) is 4.27. The molecule has 1 aromatic heterocycles. The van der Waals surface area contributed by atoms with Gasteiger partial charge in [0.05, 0.1) is 11.0 Å². The molecule has 1 N–H and O–H groups in total. The maximum Gasteiger partial charge on any atom is 0.135 e. The van der Waals surface area contributed by atoms with Crippen LogP contribution in [0.1, 0.15) is 44.0 Å². The fourth-order valence-corrected chi connectivity index (χ4v) is 3.17. The first-order valence-electron chi connectivity index (χ1n) is 8.01. The fourth-order valence-electron chi connectivity index (χ4n) is 3.17. The van der Waals surface area contributed by atoms with Crippen molar-refractivity contribution >= 4 is 11.0 Å². The van der Waals surface area contributed by atoms with Crippen LogP contribution < -0.4 is 0 Å². The van der Waals surface area contributed by atoms with Gasteiger partial charge in [0.2, 0.25) is 0 Å². The highest BCUT2D eigenvalue weighted by Crippen LogP contribution is 2.22. The first-order chi connectivity index (χ1) is 10.2. The Hall–Kier alpha value is -1.39. The van der Waals surface area contributed by atoms with E-state index in [1.807, 2.05) is 0 Å². The van der Waals surface area contributed by atoms with Gasteiger partial charge >= 0.3 is 0 Å². The van der Waals surface area contributed by atoms with Crippen molar-refractivity contribution in [3.8, 4) is 0 Å². The van der Waals surface area contributed by atoms with Crippen LogP contribution in [-0.2, 0) is 13.2 Å². The molecule has 0 unspecified atom stereocenters. The first-order valence-corrected chi connectivity index (χ1v) is 8.01. The Balaban J connectivity index is 1.88.